The molecule has 0 aromatic heterocycles. The van der Waals surface area contributed by atoms with Crippen molar-refractivity contribution in [1.29, 1.82) is 0 Å². The number of hydrogen-bond acceptors (Lipinski definition) is 2. The summed E-state index contributed by atoms with van der Waals surface area (Å²) in [5, 5.41) is 2.88. The summed E-state index contributed by atoms with van der Waals surface area (Å²) in [6, 6.07) is -0.508. The minimum Gasteiger partial charge on any atom is -0.343 e. The van der Waals surface area contributed by atoms with E-state index < -0.39 is 0 Å². The van der Waals surface area contributed by atoms with E-state index in [0.717, 1.165) is 25.8 Å². The average Bonchev–Trinajstić information content (AvgIpc) is 3.17. The lowest BCUT2D eigenvalue weighted by molar-refractivity contribution is -0.151. The Balaban J connectivity index is 2.15. The zero-order chi connectivity index (χ0) is 13.3. The van der Waals surface area contributed by atoms with Crippen LogP contribution in [0.25, 0.3) is 0 Å². The van der Waals surface area contributed by atoms with Crippen LogP contribution in [0, 0.1) is 11.8 Å². The summed E-state index contributed by atoms with van der Waals surface area (Å²) < 4.78 is 0. The first-order chi connectivity index (χ1) is 8.58. The van der Waals surface area contributed by atoms with Crippen molar-refractivity contribution >= 4 is 11.8 Å². The smallest absolute Gasteiger partial charge is 0.245 e. The molecular formula is C14H24N2O2. The predicted molar refractivity (Wildman–Crippen MR) is 69.9 cm³/mol. The maximum Gasteiger partial charge on any atom is 0.245 e. The molecule has 102 valence electrons. The summed E-state index contributed by atoms with van der Waals surface area (Å²) in [4.78, 5) is 26.4. The van der Waals surface area contributed by atoms with Gasteiger partial charge < -0.3 is 10.2 Å². The van der Waals surface area contributed by atoms with E-state index in [-0.39, 0.29) is 23.9 Å². The number of piperazine rings is 1. The normalized spacial score (nSPS) is 30.3. The van der Waals surface area contributed by atoms with Gasteiger partial charge in [0.1, 0.15) is 12.1 Å². The maximum absolute atomic E-state index is 12.4. The highest BCUT2D eigenvalue weighted by Gasteiger charge is 2.47. The lowest BCUT2D eigenvalue weighted by Crippen LogP contribution is -2.64. The Hall–Kier alpha value is -1.06. The molecule has 4 heteroatoms. The first-order valence-corrected chi connectivity index (χ1v) is 7.19. The number of nitrogens with one attached hydrogen (secondary N) is 1. The molecule has 0 aromatic carbocycles. The third-order valence-corrected chi connectivity index (χ3v) is 4.18. The molecule has 0 bridgehead atoms. The lowest BCUT2D eigenvalue weighted by Gasteiger charge is -2.40. The zero-order valence-corrected chi connectivity index (χ0v) is 11.6. The average molecular weight is 252 g/mol. The monoisotopic (exact) mass is 252 g/mol. The van der Waals surface area contributed by atoms with Gasteiger partial charge >= 0.3 is 0 Å². The van der Waals surface area contributed by atoms with Crippen LogP contribution < -0.4 is 5.32 Å². The van der Waals surface area contributed by atoms with Gasteiger partial charge in [0.25, 0.3) is 0 Å². The fourth-order valence-corrected chi connectivity index (χ4v) is 2.62. The number of carbonyl (C=O) groups excluding carboxylic acids is 2. The van der Waals surface area contributed by atoms with E-state index >= 15 is 0 Å². The van der Waals surface area contributed by atoms with Gasteiger partial charge in [-0.25, -0.2) is 0 Å². The zero-order valence-electron chi connectivity index (χ0n) is 11.6. The van der Waals surface area contributed by atoms with Crippen LogP contribution in [0.5, 0.6) is 0 Å². The summed E-state index contributed by atoms with van der Waals surface area (Å²) in [7, 11) is 0. The SMILES string of the molecule is CCC(C)CN1C(=O)C(CC)NC(=O)C1C1CC1. The van der Waals surface area contributed by atoms with Gasteiger partial charge in [-0.15, -0.1) is 0 Å². The van der Waals surface area contributed by atoms with E-state index in [2.05, 4.69) is 19.2 Å². The Morgan fingerprint density at radius 3 is 2.50 bits per heavy atom. The Labute approximate surface area is 109 Å². The Bertz CT molecular complexity index is 339. The van der Waals surface area contributed by atoms with Crippen LogP contribution in [0.1, 0.15) is 46.5 Å². The molecule has 1 aliphatic carbocycles. The molecule has 1 saturated heterocycles. The molecule has 0 spiro atoms. The molecule has 1 aliphatic heterocycles. The fraction of sp³-hybridized carbons (Fsp3) is 0.857. The summed E-state index contributed by atoms with van der Waals surface area (Å²) in [5.74, 6) is 1.04. The predicted octanol–water partition coefficient (Wildman–Crippen LogP) is 1.55. The number of hydrogen-bond donors (Lipinski definition) is 1. The first kappa shape index (κ1) is 13.4. The van der Waals surface area contributed by atoms with Gasteiger partial charge in [-0.3, -0.25) is 9.59 Å². The molecule has 18 heavy (non-hydrogen) atoms. The molecule has 0 radical (unpaired) electrons. The summed E-state index contributed by atoms with van der Waals surface area (Å²) in [5.41, 5.74) is 0. The molecule has 2 rings (SSSR count). The second kappa shape index (κ2) is 5.29. The topological polar surface area (TPSA) is 49.4 Å². The third-order valence-electron chi connectivity index (χ3n) is 4.18. The third kappa shape index (κ3) is 2.52. The molecule has 1 N–H and O–H groups in total. The second-order valence-corrected chi connectivity index (χ2v) is 5.76. The molecule has 2 fully saturated rings. The summed E-state index contributed by atoms with van der Waals surface area (Å²) in [6.07, 6.45) is 3.89. The molecule has 1 heterocycles. The largest absolute Gasteiger partial charge is 0.343 e. The fourth-order valence-electron chi connectivity index (χ4n) is 2.62. The second-order valence-electron chi connectivity index (χ2n) is 5.76. The number of rotatable bonds is 5. The van der Waals surface area contributed by atoms with E-state index in [1.54, 1.807) is 0 Å². The van der Waals surface area contributed by atoms with Crippen LogP contribution >= 0.6 is 0 Å². The standard InChI is InChI=1S/C14H24N2O2/c1-4-9(3)8-16-12(10-6-7-10)13(17)15-11(5-2)14(16)18/h9-12H,4-8H2,1-3H3,(H,15,17). The Kier molecular flexibility index (Phi) is 3.93. The molecule has 2 aliphatic rings. The molecule has 3 atom stereocenters. The Morgan fingerprint density at radius 1 is 1.33 bits per heavy atom. The number of nitrogens with zero attached hydrogens (tertiary/aromatic N) is 1. The highest BCUT2D eigenvalue weighted by atomic mass is 16.2. The van der Waals surface area contributed by atoms with Crippen LogP contribution in [0.3, 0.4) is 0 Å². The minimum absolute atomic E-state index is 0.0623. The van der Waals surface area contributed by atoms with Crippen molar-refractivity contribution in [3.63, 3.8) is 0 Å². The van der Waals surface area contributed by atoms with E-state index in [4.69, 9.17) is 0 Å². The van der Waals surface area contributed by atoms with Crippen LogP contribution in [-0.4, -0.2) is 35.3 Å². The molecule has 4 nitrogen and oxygen atoms in total. The molecular weight excluding hydrogens is 228 g/mol. The van der Waals surface area contributed by atoms with Gasteiger partial charge in [0, 0.05) is 6.54 Å². The van der Waals surface area contributed by atoms with Crippen molar-refractivity contribution in [1.82, 2.24) is 10.2 Å². The van der Waals surface area contributed by atoms with Crippen LogP contribution in [0.4, 0.5) is 0 Å². The van der Waals surface area contributed by atoms with Crippen molar-refractivity contribution in [2.45, 2.75) is 58.5 Å². The van der Waals surface area contributed by atoms with Crippen molar-refractivity contribution in [3.05, 3.63) is 0 Å². The van der Waals surface area contributed by atoms with Gasteiger partial charge in [0.05, 0.1) is 0 Å². The molecule has 0 aromatic rings. The van der Waals surface area contributed by atoms with Crippen LogP contribution in [0.15, 0.2) is 0 Å². The van der Waals surface area contributed by atoms with Crippen LogP contribution in [0.2, 0.25) is 0 Å². The Morgan fingerprint density at radius 2 is 2.00 bits per heavy atom. The van der Waals surface area contributed by atoms with Gasteiger partial charge in [-0.1, -0.05) is 27.2 Å². The highest BCUT2D eigenvalue weighted by molar-refractivity contribution is 5.97. The van der Waals surface area contributed by atoms with Crippen molar-refractivity contribution < 1.29 is 9.59 Å². The highest BCUT2D eigenvalue weighted by Crippen LogP contribution is 2.37. The molecule has 1 saturated carbocycles. The van der Waals surface area contributed by atoms with Gasteiger partial charge in [0.15, 0.2) is 0 Å². The van der Waals surface area contributed by atoms with Gasteiger partial charge in [-0.05, 0) is 31.1 Å². The number of carbonyl (C=O) groups is 2. The van der Waals surface area contributed by atoms with Gasteiger partial charge in [0.2, 0.25) is 11.8 Å². The van der Waals surface area contributed by atoms with E-state index in [1.165, 1.54) is 0 Å². The van der Waals surface area contributed by atoms with E-state index in [9.17, 15) is 9.59 Å². The lowest BCUT2D eigenvalue weighted by atomic mass is 9.99. The first-order valence-electron chi connectivity index (χ1n) is 7.19. The minimum atomic E-state index is -0.309. The molecule has 3 unspecified atom stereocenters. The number of amides is 2. The quantitative estimate of drug-likeness (QED) is 0.807. The maximum atomic E-state index is 12.4. The van der Waals surface area contributed by atoms with Crippen LogP contribution in [-0.2, 0) is 9.59 Å². The van der Waals surface area contributed by atoms with Crippen molar-refractivity contribution in [2.75, 3.05) is 6.54 Å². The summed E-state index contributed by atoms with van der Waals surface area (Å²) >= 11 is 0. The van der Waals surface area contributed by atoms with Crippen molar-refractivity contribution in [2.24, 2.45) is 11.8 Å². The molecule has 2 amide bonds. The van der Waals surface area contributed by atoms with E-state index in [1.807, 2.05) is 11.8 Å². The van der Waals surface area contributed by atoms with E-state index in [0.29, 0.717) is 18.3 Å². The van der Waals surface area contributed by atoms with Gasteiger partial charge in [-0.2, -0.15) is 0 Å². The van der Waals surface area contributed by atoms with Crippen molar-refractivity contribution in [3.8, 4) is 0 Å². The summed E-state index contributed by atoms with van der Waals surface area (Å²) in [6.45, 7) is 6.94.